The molecule has 1 fully saturated rings. The van der Waals surface area contributed by atoms with Gasteiger partial charge in [0.05, 0.1) is 6.07 Å². The zero-order valence-corrected chi connectivity index (χ0v) is 8.44. The highest BCUT2D eigenvalue weighted by molar-refractivity contribution is 5.74. The summed E-state index contributed by atoms with van der Waals surface area (Å²) in [5.41, 5.74) is 0. The van der Waals surface area contributed by atoms with Gasteiger partial charge in [0.25, 0.3) is 0 Å². The number of carboxylic acids is 1. The molecule has 0 amide bonds. The summed E-state index contributed by atoms with van der Waals surface area (Å²) in [6.07, 6.45) is 2.43. The van der Waals surface area contributed by atoms with E-state index in [-0.39, 0.29) is 6.04 Å². The van der Waals surface area contributed by atoms with Gasteiger partial charge in [-0.2, -0.15) is 5.26 Å². The van der Waals surface area contributed by atoms with E-state index >= 15 is 0 Å². The van der Waals surface area contributed by atoms with Gasteiger partial charge in [-0.1, -0.05) is 6.92 Å². The van der Waals surface area contributed by atoms with Gasteiger partial charge in [-0.3, -0.25) is 9.69 Å². The van der Waals surface area contributed by atoms with Crippen LogP contribution in [-0.4, -0.2) is 35.1 Å². The molecule has 1 atom stereocenters. The van der Waals surface area contributed by atoms with E-state index in [0.29, 0.717) is 25.4 Å². The van der Waals surface area contributed by atoms with Gasteiger partial charge in [-0.15, -0.1) is 0 Å². The lowest BCUT2D eigenvalue weighted by molar-refractivity contribution is -0.144. The molecule has 0 aromatic rings. The van der Waals surface area contributed by atoms with Crippen LogP contribution in [0.4, 0.5) is 0 Å². The Bertz CT molecular complexity index is 243. The molecule has 4 heteroatoms. The Balaban J connectivity index is 2.54. The molecule has 0 heterocycles. The van der Waals surface area contributed by atoms with Gasteiger partial charge in [0.2, 0.25) is 0 Å². The fraction of sp³-hybridized carbons (Fsp3) is 0.800. The van der Waals surface area contributed by atoms with Crippen LogP contribution in [0, 0.1) is 17.2 Å². The first-order valence-electron chi connectivity index (χ1n) is 5.04. The minimum atomic E-state index is -0.743. The number of hydrogen-bond donors (Lipinski definition) is 1. The number of carboxylic acid groups (broad SMARTS) is 1. The largest absolute Gasteiger partial charge is 0.480 e. The molecule has 1 aliphatic carbocycles. The van der Waals surface area contributed by atoms with Crippen molar-refractivity contribution >= 4 is 5.97 Å². The summed E-state index contributed by atoms with van der Waals surface area (Å²) in [4.78, 5) is 12.9. The predicted octanol–water partition coefficient (Wildman–Crippen LogP) is 1.09. The Labute approximate surface area is 84.1 Å². The van der Waals surface area contributed by atoms with E-state index in [0.717, 1.165) is 12.8 Å². The van der Waals surface area contributed by atoms with E-state index in [1.165, 1.54) is 0 Å². The monoisotopic (exact) mass is 196 g/mol. The first-order valence-corrected chi connectivity index (χ1v) is 5.04. The van der Waals surface area contributed by atoms with Crippen molar-refractivity contribution in [1.82, 2.24) is 4.90 Å². The molecule has 0 bridgehead atoms. The van der Waals surface area contributed by atoms with E-state index in [1.807, 2.05) is 11.8 Å². The highest BCUT2D eigenvalue weighted by Crippen LogP contribution is 2.35. The molecular formula is C10H16N2O2. The first-order chi connectivity index (χ1) is 6.70. The van der Waals surface area contributed by atoms with Crippen molar-refractivity contribution in [3.63, 3.8) is 0 Å². The molecule has 1 aliphatic rings. The molecule has 1 saturated carbocycles. The average molecular weight is 196 g/mol. The van der Waals surface area contributed by atoms with E-state index in [9.17, 15) is 4.79 Å². The number of hydrogen-bond acceptors (Lipinski definition) is 3. The van der Waals surface area contributed by atoms with Crippen molar-refractivity contribution in [3.05, 3.63) is 0 Å². The molecule has 0 aromatic heterocycles. The maximum atomic E-state index is 11.0. The van der Waals surface area contributed by atoms with Gasteiger partial charge in [0, 0.05) is 13.0 Å². The quantitative estimate of drug-likeness (QED) is 0.690. The molecule has 1 unspecified atom stereocenters. The number of aliphatic carboxylic acids is 1. The topological polar surface area (TPSA) is 64.3 Å². The minimum absolute atomic E-state index is 0.311. The van der Waals surface area contributed by atoms with Crippen LogP contribution in [0.3, 0.4) is 0 Å². The van der Waals surface area contributed by atoms with Gasteiger partial charge < -0.3 is 5.11 Å². The molecule has 0 aliphatic heterocycles. The number of nitriles is 1. The second-order valence-electron chi connectivity index (χ2n) is 3.66. The number of carbonyl (C=O) groups is 1. The Morgan fingerprint density at radius 3 is 2.71 bits per heavy atom. The lowest BCUT2D eigenvalue weighted by Crippen LogP contribution is -2.43. The zero-order chi connectivity index (χ0) is 10.6. The molecule has 1 rings (SSSR count). The van der Waals surface area contributed by atoms with Gasteiger partial charge in [-0.05, 0) is 25.3 Å². The summed E-state index contributed by atoms with van der Waals surface area (Å²) in [6.45, 7) is 3.21. The van der Waals surface area contributed by atoms with Crippen LogP contribution in [0.2, 0.25) is 0 Å². The summed E-state index contributed by atoms with van der Waals surface area (Å²) < 4.78 is 0. The van der Waals surface area contributed by atoms with Crippen LogP contribution in [-0.2, 0) is 4.79 Å². The summed E-state index contributed by atoms with van der Waals surface area (Å²) in [7, 11) is 0. The van der Waals surface area contributed by atoms with E-state index in [1.54, 1.807) is 0 Å². The van der Waals surface area contributed by atoms with Crippen LogP contribution < -0.4 is 0 Å². The van der Waals surface area contributed by atoms with Crippen molar-refractivity contribution in [2.24, 2.45) is 5.92 Å². The van der Waals surface area contributed by atoms with Gasteiger partial charge in [0.1, 0.15) is 6.04 Å². The third-order valence-corrected chi connectivity index (χ3v) is 2.63. The summed E-state index contributed by atoms with van der Waals surface area (Å²) in [5.74, 6) is -0.432. The normalized spacial score (nSPS) is 17.8. The fourth-order valence-corrected chi connectivity index (χ4v) is 1.76. The molecular weight excluding hydrogens is 180 g/mol. The van der Waals surface area contributed by atoms with Crippen molar-refractivity contribution in [2.45, 2.75) is 32.2 Å². The molecule has 0 spiro atoms. The summed E-state index contributed by atoms with van der Waals surface area (Å²) >= 11 is 0. The standard InChI is InChI=1S/C10H16N2O2/c1-2-12(7-3-6-11)9(10(13)14)8-4-5-8/h8-9H,2-5,7H2,1H3,(H,13,14). The molecule has 1 N–H and O–H groups in total. The van der Waals surface area contributed by atoms with E-state index in [2.05, 4.69) is 6.07 Å². The van der Waals surface area contributed by atoms with Gasteiger partial charge in [-0.25, -0.2) is 0 Å². The van der Waals surface area contributed by atoms with Crippen LogP contribution in [0.25, 0.3) is 0 Å². The van der Waals surface area contributed by atoms with Gasteiger partial charge in [0.15, 0.2) is 0 Å². The third-order valence-electron chi connectivity index (χ3n) is 2.63. The maximum absolute atomic E-state index is 11.0. The second kappa shape index (κ2) is 4.97. The van der Waals surface area contributed by atoms with Crippen LogP contribution >= 0.6 is 0 Å². The van der Waals surface area contributed by atoms with Crippen molar-refractivity contribution < 1.29 is 9.90 Å². The van der Waals surface area contributed by atoms with Crippen LogP contribution in [0.1, 0.15) is 26.2 Å². The molecule has 0 aromatic carbocycles. The van der Waals surface area contributed by atoms with Crippen LogP contribution in [0.15, 0.2) is 0 Å². The number of nitrogens with zero attached hydrogens (tertiary/aromatic N) is 2. The van der Waals surface area contributed by atoms with Crippen molar-refractivity contribution in [3.8, 4) is 6.07 Å². The Kier molecular flexibility index (Phi) is 3.90. The third kappa shape index (κ3) is 2.71. The lowest BCUT2D eigenvalue weighted by Gasteiger charge is -2.26. The number of likely N-dealkylation sites (N-methyl/N-ethyl adjacent to an activating group) is 1. The Morgan fingerprint density at radius 2 is 2.36 bits per heavy atom. The van der Waals surface area contributed by atoms with E-state index < -0.39 is 5.97 Å². The highest BCUT2D eigenvalue weighted by atomic mass is 16.4. The SMILES string of the molecule is CCN(CCC#N)C(C(=O)O)C1CC1. The van der Waals surface area contributed by atoms with Gasteiger partial charge >= 0.3 is 5.97 Å². The maximum Gasteiger partial charge on any atom is 0.321 e. The Morgan fingerprint density at radius 1 is 1.71 bits per heavy atom. The summed E-state index contributed by atoms with van der Waals surface area (Å²) in [5, 5.41) is 17.5. The van der Waals surface area contributed by atoms with Crippen molar-refractivity contribution in [1.29, 1.82) is 5.26 Å². The smallest absolute Gasteiger partial charge is 0.321 e. The average Bonchev–Trinajstić information content (AvgIpc) is 2.94. The molecule has 78 valence electrons. The zero-order valence-electron chi connectivity index (χ0n) is 8.44. The lowest BCUT2D eigenvalue weighted by atomic mass is 10.1. The van der Waals surface area contributed by atoms with Crippen molar-refractivity contribution in [2.75, 3.05) is 13.1 Å². The Hall–Kier alpha value is -1.08. The number of rotatable bonds is 6. The fourth-order valence-electron chi connectivity index (χ4n) is 1.76. The van der Waals surface area contributed by atoms with Crippen LogP contribution in [0.5, 0.6) is 0 Å². The molecule has 4 nitrogen and oxygen atoms in total. The molecule has 0 radical (unpaired) electrons. The molecule has 0 saturated heterocycles. The highest BCUT2D eigenvalue weighted by Gasteiger charge is 2.39. The predicted molar refractivity (Wildman–Crippen MR) is 51.6 cm³/mol. The molecule has 14 heavy (non-hydrogen) atoms. The summed E-state index contributed by atoms with van der Waals surface area (Å²) in [6, 6.07) is 1.68. The minimum Gasteiger partial charge on any atom is -0.480 e. The van der Waals surface area contributed by atoms with E-state index in [4.69, 9.17) is 10.4 Å². The first kappa shape index (κ1) is 11.0. The second-order valence-corrected chi connectivity index (χ2v) is 3.66.